The van der Waals surface area contributed by atoms with Crippen LogP contribution in [-0.4, -0.2) is 65.4 Å². The van der Waals surface area contributed by atoms with E-state index in [2.05, 4.69) is 22.7 Å². The lowest BCUT2D eigenvalue weighted by Gasteiger charge is -2.40. The SMILES string of the molecule is CCCCCCCCCCCCCC(=O)Nc1ccc(CC(=O)Oc2c3n(cc(C(=O)NCc4ccc(F)cc4F)c2=O)[C@H]2C/C(OC)=N\OCCC(C)N(C2)C3=O)cc1. The number of fused-ring (bicyclic) bond motifs is 4. The number of unbranched alkanes of at least 4 members (excludes halogenated alkanes) is 10. The largest absolute Gasteiger partial charge is 0.482 e. The summed E-state index contributed by atoms with van der Waals surface area (Å²) in [6.45, 7) is 3.99. The molecule has 2 aliphatic heterocycles. The Kier molecular flexibility index (Phi) is 17.2. The normalized spacial score (nSPS) is 17.1. The van der Waals surface area contributed by atoms with E-state index in [4.69, 9.17) is 14.3 Å². The van der Waals surface area contributed by atoms with Gasteiger partial charge in [0.25, 0.3) is 11.8 Å². The molecule has 3 amide bonds. The van der Waals surface area contributed by atoms with Crippen LogP contribution in [0.5, 0.6) is 5.75 Å². The summed E-state index contributed by atoms with van der Waals surface area (Å²) in [4.78, 5) is 75.0. The van der Waals surface area contributed by atoms with Gasteiger partial charge in [-0.3, -0.25) is 24.0 Å². The topological polar surface area (TPSA) is 158 Å². The fourth-order valence-electron chi connectivity index (χ4n) is 7.43. The zero-order valence-electron chi connectivity index (χ0n) is 34.9. The maximum Gasteiger partial charge on any atom is 0.315 e. The average Bonchev–Trinajstić information content (AvgIpc) is 3.22. The number of hydrogen-bond acceptors (Lipinski definition) is 9. The summed E-state index contributed by atoms with van der Waals surface area (Å²) in [6, 6.07) is 8.51. The maximum atomic E-state index is 14.4. The molecule has 1 aromatic heterocycles. The average molecular weight is 834 g/mol. The predicted molar refractivity (Wildman–Crippen MR) is 223 cm³/mol. The molecular formula is C45H57F2N5O8. The van der Waals surface area contributed by atoms with Crippen LogP contribution < -0.4 is 20.8 Å². The van der Waals surface area contributed by atoms with Gasteiger partial charge in [0.1, 0.15) is 23.8 Å². The van der Waals surface area contributed by atoms with Crippen LogP contribution in [0.3, 0.4) is 0 Å². The van der Waals surface area contributed by atoms with Crippen molar-refractivity contribution in [2.45, 2.75) is 129 Å². The number of amides is 3. The number of methoxy groups -OCH3 is 1. The smallest absolute Gasteiger partial charge is 0.315 e. The fourth-order valence-corrected chi connectivity index (χ4v) is 7.43. The van der Waals surface area contributed by atoms with Crippen molar-refractivity contribution in [1.82, 2.24) is 14.8 Å². The number of carbonyl (C=O) groups is 4. The minimum Gasteiger partial charge on any atom is -0.482 e. The van der Waals surface area contributed by atoms with Crippen molar-refractivity contribution in [2.75, 3.05) is 25.6 Å². The molecule has 2 aromatic carbocycles. The molecular weight excluding hydrogens is 777 g/mol. The van der Waals surface area contributed by atoms with E-state index < -0.39 is 52.2 Å². The van der Waals surface area contributed by atoms with Crippen molar-refractivity contribution in [2.24, 2.45) is 5.16 Å². The summed E-state index contributed by atoms with van der Waals surface area (Å²) >= 11 is 0. The number of aromatic nitrogens is 1. The Hall–Kier alpha value is -5.60. The lowest BCUT2D eigenvalue weighted by molar-refractivity contribution is -0.133. The highest BCUT2D eigenvalue weighted by Gasteiger charge is 2.40. The van der Waals surface area contributed by atoms with Gasteiger partial charge in [-0.15, -0.1) is 0 Å². The van der Waals surface area contributed by atoms with E-state index >= 15 is 0 Å². The monoisotopic (exact) mass is 833 g/mol. The van der Waals surface area contributed by atoms with Gasteiger partial charge in [-0.2, -0.15) is 0 Å². The molecule has 3 aromatic rings. The second-order valence-electron chi connectivity index (χ2n) is 15.5. The minimum atomic E-state index is -1.03. The molecule has 2 atom stereocenters. The number of esters is 1. The van der Waals surface area contributed by atoms with Crippen LogP contribution in [0.2, 0.25) is 0 Å². The predicted octanol–water partition coefficient (Wildman–Crippen LogP) is 8.00. The van der Waals surface area contributed by atoms with Crippen LogP contribution in [0.4, 0.5) is 14.5 Å². The highest BCUT2D eigenvalue weighted by molar-refractivity contribution is 6.00. The maximum absolute atomic E-state index is 14.4. The molecule has 0 aliphatic carbocycles. The Morgan fingerprint density at radius 1 is 0.933 bits per heavy atom. The van der Waals surface area contributed by atoms with Gasteiger partial charge in [0.05, 0.1) is 19.6 Å². The molecule has 0 fully saturated rings. The van der Waals surface area contributed by atoms with Gasteiger partial charge in [0.15, 0.2) is 5.69 Å². The summed E-state index contributed by atoms with van der Waals surface area (Å²) in [6.07, 6.45) is 14.9. The van der Waals surface area contributed by atoms with Crippen LogP contribution in [-0.2, 0) is 32.1 Å². The number of pyridine rings is 1. The molecule has 0 saturated carbocycles. The van der Waals surface area contributed by atoms with Gasteiger partial charge in [0.2, 0.25) is 23.0 Å². The van der Waals surface area contributed by atoms with Crippen LogP contribution >= 0.6 is 0 Å². The first kappa shape index (κ1) is 45.5. The summed E-state index contributed by atoms with van der Waals surface area (Å²) in [5.74, 6) is -4.63. The first-order chi connectivity index (χ1) is 29.0. The minimum absolute atomic E-state index is 0.0301. The molecule has 2 aliphatic rings. The molecule has 13 nitrogen and oxygen atoms in total. The molecule has 0 radical (unpaired) electrons. The van der Waals surface area contributed by atoms with Crippen LogP contribution in [0.15, 0.2) is 58.6 Å². The third-order valence-corrected chi connectivity index (χ3v) is 10.9. The molecule has 15 heteroatoms. The molecule has 0 spiro atoms. The molecule has 1 unspecified atom stereocenters. The molecule has 5 rings (SSSR count). The number of ether oxygens (including phenoxy) is 2. The molecule has 324 valence electrons. The molecule has 3 heterocycles. The fraction of sp³-hybridized carbons (Fsp3) is 0.511. The number of halogens is 2. The zero-order chi connectivity index (χ0) is 43.0. The first-order valence-corrected chi connectivity index (χ1v) is 21.1. The number of carbonyl (C=O) groups excluding carboxylic acids is 4. The number of rotatable bonds is 19. The van der Waals surface area contributed by atoms with Gasteiger partial charge in [-0.05, 0) is 37.1 Å². The second-order valence-corrected chi connectivity index (χ2v) is 15.5. The van der Waals surface area contributed by atoms with Crippen molar-refractivity contribution in [3.05, 3.63) is 92.9 Å². The van der Waals surface area contributed by atoms with Crippen LogP contribution in [0.25, 0.3) is 0 Å². The molecule has 2 bridgehead atoms. The Morgan fingerprint density at radius 2 is 1.62 bits per heavy atom. The van der Waals surface area contributed by atoms with Gasteiger partial charge in [0, 0.05) is 61.9 Å². The standard InChI is InChI=1S/C45H57F2N5O8/c1-4-5-6-7-8-9-10-11-12-13-14-15-38(53)49-34-20-16-31(17-21-34)24-40(54)60-43-41-45(57)51-28-35(26-39(58-3)50-59-23-22-30(51)2)52(41)29-36(42(43)55)44(56)48-27-32-18-19-33(46)25-37(32)47/h16-21,25,29-30,35H,4-15,22-24,26-28H2,1-3H3,(H,48,56)(H,49,53)/b50-39+/t30?,35-/m0/s1. The van der Waals surface area contributed by atoms with Crippen molar-refractivity contribution in [1.29, 1.82) is 0 Å². The lowest BCUT2D eigenvalue weighted by atomic mass is 10.0. The Bertz CT molecular complexity index is 2050. The van der Waals surface area contributed by atoms with E-state index in [9.17, 15) is 32.8 Å². The first-order valence-electron chi connectivity index (χ1n) is 21.1. The lowest BCUT2D eigenvalue weighted by Crippen LogP contribution is -2.50. The number of nitrogens with one attached hydrogen (secondary N) is 2. The van der Waals surface area contributed by atoms with Gasteiger partial charge < -0.3 is 34.4 Å². The molecule has 2 N–H and O–H groups in total. The van der Waals surface area contributed by atoms with E-state index in [1.165, 1.54) is 75.3 Å². The van der Waals surface area contributed by atoms with Crippen molar-refractivity contribution in [3.8, 4) is 5.75 Å². The van der Waals surface area contributed by atoms with E-state index in [0.717, 1.165) is 25.3 Å². The zero-order valence-corrected chi connectivity index (χ0v) is 34.9. The Labute approximate surface area is 349 Å². The third kappa shape index (κ3) is 12.7. The van der Waals surface area contributed by atoms with Crippen molar-refractivity contribution < 1.29 is 42.3 Å². The summed E-state index contributed by atoms with van der Waals surface area (Å²) in [5.41, 5.74) is -0.691. The van der Waals surface area contributed by atoms with Gasteiger partial charge in [-0.25, -0.2) is 8.78 Å². The molecule has 60 heavy (non-hydrogen) atoms. The second kappa shape index (κ2) is 22.7. The van der Waals surface area contributed by atoms with Crippen molar-refractivity contribution in [3.63, 3.8) is 0 Å². The van der Waals surface area contributed by atoms with Crippen LogP contribution in [0.1, 0.15) is 142 Å². The summed E-state index contributed by atoms with van der Waals surface area (Å²) in [5, 5.41) is 9.44. The Balaban J connectivity index is 1.28. The number of hydrogen-bond donors (Lipinski definition) is 2. The number of benzene rings is 2. The Morgan fingerprint density at radius 3 is 2.28 bits per heavy atom. The van der Waals surface area contributed by atoms with E-state index in [-0.39, 0.29) is 61.6 Å². The number of anilines is 1. The van der Waals surface area contributed by atoms with Gasteiger partial charge in [-0.1, -0.05) is 94.5 Å². The van der Waals surface area contributed by atoms with E-state index in [1.54, 1.807) is 29.2 Å². The quantitative estimate of drug-likeness (QED) is 0.0909. The highest BCUT2D eigenvalue weighted by Crippen LogP contribution is 2.32. The van der Waals surface area contributed by atoms with Crippen LogP contribution in [0, 0.1) is 11.6 Å². The third-order valence-electron chi connectivity index (χ3n) is 10.9. The summed E-state index contributed by atoms with van der Waals surface area (Å²) in [7, 11) is 1.41. The number of oxime groups is 1. The van der Waals surface area contributed by atoms with E-state index in [0.29, 0.717) is 30.2 Å². The van der Waals surface area contributed by atoms with E-state index in [1.807, 2.05) is 6.92 Å². The number of nitrogens with zero attached hydrogens (tertiary/aromatic N) is 3. The highest BCUT2D eigenvalue weighted by atomic mass is 19.1. The van der Waals surface area contributed by atoms with Crippen molar-refractivity contribution >= 4 is 35.3 Å². The molecule has 0 saturated heterocycles. The van der Waals surface area contributed by atoms with Gasteiger partial charge >= 0.3 is 5.97 Å². The summed E-state index contributed by atoms with van der Waals surface area (Å²) < 4.78 is 40.5.